The molecule has 0 unspecified atom stereocenters. The van der Waals surface area contributed by atoms with Gasteiger partial charge in [0.15, 0.2) is 0 Å². The van der Waals surface area contributed by atoms with Crippen LogP contribution in [0.1, 0.15) is 6.42 Å². The number of halogens is 3. The first-order valence-corrected chi connectivity index (χ1v) is 12.0. The van der Waals surface area contributed by atoms with Crippen molar-refractivity contribution in [3.63, 3.8) is 0 Å². The van der Waals surface area contributed by atoms with Crippen LogP contribution in [0.2, 0.25) is 10.0 Å². The van der Waals surface area contributed by atoms with E-state index in [0.29, 0.717) is 11.9 Å². The van der Waals surface area contributed by atoms with E-state index in [-0.39, 0.29) is 57.2 Å². The number of anilines is 3. The second-order valence-corrected chi connectivity index (χ2v) is 9.93. The SMILES string of the molecule is CO[C@@H]1CCN(S(=O)(=O)Nc2ccc(F)c(Nc3ccc4ncn(C)c(=O)c4c3Cl)c2Cl)C1. The molecule has 1 aromatic heterocycles. The van der Waals surface area contributed by atoms with Crippen LogP contribution in [0.15, 0.2) is 35.4 Å². The van der Waals surface area contributed by atoms with E-state index in [0.717, 1.165) is 6.07 Å². The highest BCUT2D eigenvalue weighted by atomic mass is 35.5. The quantitative estimate of drug-likeness (QED) is 0.520. The average molecular weight is 516 g/mol. The summed E-state index contributed by atoms with van der Waals surface area (Å²) < 4.78 is 50.3. The van der Waals surface area contributed by atoms with Gasteiger partial charge in [0.1, 0.15) is 5.82 Å². The number of aromatic nitrogens is 2. The zero-order valence-corrected chi connectivity index (χ0v) is 19.9. The fourth-order valence-corrected chi connectivity index (χ4v) is 5.42. The van der Waals surface area contributed by atoms with E-state index >= 15 is 0 Å². The first-order chi connectivity index (χ1) is 15.6. The van der Waals surface area contributed by atoms with Crippen molar-refractivity contribution in [3.05, 3.63) is 56.8 Å². The van der Waals surface area contributed by atoms with Crippen LogP contribution in [0.25, 0.3) is 10.9 Å². The van der Waals surface area contributed by atoms with Crippen molar-refractivity contribution in [2.75, 3.05) is 30.2 Å². The van der Waals surface area contributed by atoms with Crippen LogP contribution in [-0.4, -0.2) is 48.6 Å². The van der Waals surface area contributed by atoms with Crippen molar-refractivity contribution in [2.24, 2.45) is 7.05 Å². The van der Waals surface area contributed by atoms with Gasteiger partial charge in [-0.3, -0.25) is 9.52 Å². The minimum absolute atomic E-state index is 0.0177. The third-order valence-corrected chi connectivity index (χ3v) is 7.67. The Morgan fingerprint density at radius 2 is 1.91 bits per heavy atom. The molecule has 2 heterocycles. The van der Waals surface area contributed by atoms with Gasteiger partial charge in [-0.2, -0.15) is 12.7 Å². The number of benzene rings is 2. The molecule has 33 heavy (non-hydrogen) atoms. The molecule has 2 N–H and O–H groups in total. The topological polar surface area (TPSA) is 106 Å². The molecule has 176 valence electrons. The Kier molecular flexibility index (Phi) is 6.52. The van der Waals surface area contributed by atoms with E-state index in [4.69, 9.17) is 27.9 Å². The summed E-state index contributed by atoms with van der Waals surface area (Å²) in [6.07, 6.45) is 1.74. The molecular weight excluding hydrogens is 496 g/mol. The maximum atomic E-state index is 14.7. The number of nitrogens with zero attached hydrogens (tertiary/aromatic N) is 3. The van der Waals surface area contributed by atoms with E-state index in [9.17, 15) is 17.6 Å². The number of aryl methyl sites for hydroxylation is 1. The number of nitrogens with one attached hydrogen (secondary N) is 2. The number of methoxy groups -OCH3 is 1. The van der Waals surface area contributed by atoms with E-state index < -0.39 is 16.0 Å². The zero-order chi connectivity index (χ0) is 23.9. The van der Waals surface area contributed by atoms with Gasteiger partial charge in [0, 0.05) is 27.2 Å². The van der Waals surface area contributed by atoms with Crippen molar-refractivity contribution in [1.29, 1.82) is 0 Å². The zero-order valence-electron chi connectivity index (χ0n) is 17.6. The number of ether oxygens (including phenoxy) is 1. The first-order valence-electron chi connectivity index (χ1n) is 9.82. The summed E-state index contributed by atoms with van der Waals surface area (Å²) in [5.74, 6) is -0.737. The van der Waals surface area contributed by atoms with Crippen LogP contribution in [0.3, 0.4) is 0 Å². The summed E-state index contributed by atoms with van der Waals surface area (Å²) in [6.45, 7) is 0.485. The van der Waals surface area contributed by atoms with Crippen LogP contribution in [0.5, 0.6) is 0 Å². The van der Waals surface area contributed by atoms with Gasteiger partial charge >= 0.3 is 10.2 Å². The van der Waals surface area contributed by atoms with E-state index in [1.165, 1.54) is 41.5 Å². The molecular formula is C20H20Cl2FN5O4S. The molecule has 1 saturated heterocycles. The fraction of sp³-hybridized carbons (Fsp3) is 0.300. The average Bonchev–Trinajstić information content (AvgIpc) is 3.27. The number of hydrogen-bond donors (Lipinski definition) is 2. The molecule has 2 aromatic carbocycles. The van der Waals surface area contributed by atoms with E-state index in [2.05, 4.69) is 15.0 Å². The number of fused-ring (bicyclic) bond motifs is 1. The Labute approximate surface area is 199 Å². The normalized spacial score (nSPS) is 16.9. The summed E-state index contributed by atoms with van der Waals surface area (Å²) in [5, 5.41) is 2.77. The minimum Gasteiger partial charge on any atom is -0.380 e. The van der Waals surface area contributed by atoms with Gasteiger partial charge in [0.2, 0.25) is 0 Å². The minimum atomic E-state index is -3.94. The molecule has 3 aromatic rings. The lowest BCUT2D eigenvalue weighted by atomic mass is 10.2. The molecule has 1 aliphatic heterocycles. The van der Waals surface area contributed by atoms with Crippen molar-refractivity contribution in [2.45, 2.75) is 12.5 Å². The highest BCUT2D eigenvalue weighted by Crippen LogP contribution is 2.38. The highest BCUT2D eigenvalue weighted by Gasteiger charge is 2.32. The Bertz CT molecular complexity index is 1400. The third kappa shape index (κ3) is 4.51. The summed E-state index contributed by atoms with van der Waals surface area (Å²) >= 11 is 12.8. The molecule has 0 amide bonds. The van der Waals surface area contributed by atoms with Gasteiger partial charge in [-0.05, 0) is 30.7 Å². The summed E-state index contributed by atoms with van der Waals surface area (Å²) in [6, 6.07) is 5.39. The van der Waals surface area contributed by atoms with Crippen LogP contribution < -0.4 is 15.6 Å². The summed E-state index contributed by atoms with van der Waals surface area (Å²) in [4.78, 5) is 16.6. The molecule has 9 nitrogen and oxygen atoms in total. The van der Waals surface area contributed by atoms with Gasteiger partial charge in [0.05, 0.1) is 50.4 Å². The molecule has 0 bridgehead atoms. The van der Waals surface area contributed by atoms with E-state index in [1.807, 2.05) is 0 Å². The maximum Gasteiger partial charge on any atom is 0.301 e. The second-order valence-electron chi connectivity index (χ2n) is 7.50. The van der Waals surface area contributed by atoms with Crippen LogP contribution in [-0.2, 0) is 22.0 Å². The number of rotatable bonds is 6. The summed E-state index contributed by atoms with van der Waals surface area (Å²) in [7, 11) is -0.883. The molecule has 0 saturated carbocycles. The molecule has 0 radical (unpaired) electrons. The molecule has 1 fully saturated rings. The largest absolute Gasteiger partial charge is 0.380 e. The standard InChI is InChI=1S/C20H20Cl2FN5O4S/c1-27-10-24-13-5-6-14(17(21)16(13)20(27)29)25-19-12(23)3-4-15(18(19)22)26-33(30,31)28-8-7-11(9-28)32-2/h3-6,10-11,25-26H,7-9H2,1-2H3/t11-/m1/s1. The third-order valence-electron chi connectivity index (χ3n) is 5.39. The maximum absolute atomic E-state index is 14.7. The first kappa shape index (κ1) is 23.7. The lowest BCUT2D eigenvalue weighted by molar-refractivity contribution is 0.115. The van der Waals surface area contributed by atoms with Gasteiger partial charge < -0.3 is 14.6 Å². The van der Waals surface area contributed by atoms with Gasteiger partial charge in [-0.25, -0.2) is 9.37 Å². The predicted octanol–water partition coefficient (Wildman–Crippen LogP) is 3.50. The second kappa shape index (κ2) is 9.07. The molecule has 0 aliphatic carbocycles. The Morgan fingerprint density at radius 1 is 1.18 bits per heavy atom. The molecule has 1 atom stereocenters. The van der Waals surface area contributed by atoms with Crippen molar-refractivity contribution in [1.82, 2.24) is 13.9 Å². The lowest BCUT2D eigenvalue weighted by Gasteiger charge is -2.20. The monoisotopic (exact) mass is 515 g/mol. The smallest absolute Gasteiger partial charge is 0.301 e. The van der Waals surface area contributed by atoms with Gasteiger partial charge in [-0.15, -0.1) is 0 Å². The van der Waals surface area contributed by atoms with Crippen LogP contribution >= 0.6 is 23.2 Å². The molecule has 4 rings (SSSR count). The number of hydrogen-bond acceptors (Lipinski definition) is 6. The predicted molar refractivity (Wildman–Crippen MR) is 126 cm³/mol. The Morgan fingerprint density at radius 3 is 2.61 bits per heavy atom. The van der Waals surface area contributed by atoms with Crippen molar-refractivity contribution < 1.29 is 17.5 Å². The van der Waals surface area contributed by atoms with Crippen molar-refractivity contribution in [3.8, 4) is 0 Å². The van der Waals surface area contributed by atoms with E-state index in [1.54, 1.807) is 6.07 Å². The van der Waals surface area contributed by atoms with Crippen LogP contribution in [0, 0.1) is 5.82 Å². The van der Waals surface area contributed by atoms with Crippen LogP contribution in [0.4, 0.5) is 21.5 Å². The lowest BCUT2D eigenvalue weighted by Crippen LogP contribution is -2.35. The fourth-order valence-electron chi connectivity index (χ4n) is 3.54. The highest BCUT2D eigenvalue weighted by molar-refractivity contribution is 7.90. The molecule has 1 aliphatic rings. The Balaban J connectivity index is 1.68. The van der Waals surface area contributed by atoms with Gasteiger partial charge in [-0.1, -0.05) is 23.2 Å². The summed E-state index contributed by atoms with van der Waals surface area (Å²) in [5.41, 5.74) is -0.00749. The van der Waals surface area contributed by atoms with Gasteiger partial charge in [0.25, 0.3) is 5.56 Å². The molecule has 0 spiro atoms. The molecule has 13 heteroatoms. The van der Waals surface area contributed by atoms with Crippen molar-refractivity contribution >= 4 is 61.4 Å². The Hall–Kier alpha value is -2.44.